The van der Waals surface area contributed by atoms with Crippen LogP contribution in [0.2, 0.25) is 0 Å². The van der Waals surface area contributed by atoms with Crippen LogP contribution in [0.15, 0.2) is 18.2 Å². The van der Waals surface area contributed by atoms with Crippen molar-refractivity contribution in [3.63, 3.8) is 0 Å². The summed E-state index contributed by atoms with van der Waals surface area (Å²) >= 11 is 0. The Balaban J connectivity index is 2.40. The minimum absolute atomic E-state index is 0.0645. The largest absolute Gasteiger partial charge is 0.491 e. The van der Waals surface area contributed by atoms with Gasteiger partial charge in [-0.05, 0) is 51.3 Å². The minimum atomic E-state index is -0.494. The summed E-state index contributed by atoms with van der Waals surface area (Å²) in [7, 11) is 0. The van der Waals surface area contributed by atoms with E-state index in [1.165, 1.54) is 5.56 Å². The van der Waals surface area contributed by atoms with E-state index in [-0.39, 0.29) is 5.54 Å². The molecule has 0 bridgehead atoms. The zero-order valence-electron chi connectivity index (χ0n) is 13.5. The Morgan fingerprint density at radius 3 is 2.65 bits per heavy atom. The van der Waals surface area contributed by atoms with Gasteiger partial charge in [-0.1, -0.05) is 25.5 Å². The van der Waals surface area contributed by atoms with Gasteiger partial charge >= 0.3 is 0 Å². The molecule has 1 aromatic carbocycles. The lowest BCUT2D eigenvalue weighted by atomic mass is 9.99. The number of benzene rings is 1. The van der Waals surface area contributed by atoms with Crippen LogP contribution in [0.25, 0.3) is 0 Å². The summed E-state index contributed by atoms with van der Waals surface area (Å²) in [6, 6.07) is 6.11. The molecule has 0 saturated heterocycles. The molecule has 114 valence electrons. The fraction of sp³-hybridized carbons (Fsp3) is 0.647. The van der Waals surface area contributed by atoms with Gasteiger partial charge in [-0.3, -0.25) is 0 Å². The Bertz CT molecular complexity index is 415. The highest BCUT2D eigenvalue weighted by Gasteiger charge is 2.17. The van der Waals surface area contributed by atoms with Gasteiger partial charge < -0.3 is 15.2 Å². The van der Waals surface area contributed by atoms with Crippen LogP contribution in [0, 0.1) is 13.8 Å². The minimum Gasteiger partial charge on any atom is -0.491 e. The van der Waals surface area contributed by atoms with Crippen molar-refractivity contribution in [2.45, 2.75) is 59.1 Å². The zero-order valence-corrected chi connectivity index (χ0v) is 13.5. The van der Waals surface area contributed by atoms with Gasteiger partial charge in [0.05, 0.1) is 0 Å². The van der Waals surface area contributed by atoms with Gasteiger partial charge in [0.1, 0.15) is 18.5 Å². The van der Waals surface area contributed by atoms with E-state index in [9.17, 15) is 5.11 Å². The predicted molar refractivity (Wildman–Crippen MR) is 84.4 cm³/mol. The van der Waals surface area contributed by atoms with Gasteiger partial charge in [0, 0.05) is 12.1 Å². The maximum Gasteiger partial charge on any atom is 0.122 e. The lowest BCUT2D eigenvalue weighted by molar-refractivity contribution is 0.0977. The number of aliphatic hydroxyl groups is 1. The number of hydrogen-bond acceptors (Lipinski definition) is 3. The SMILES string of the molecule is CCCC(C)(C)NCC(O)COc1cc(C)ccc1C. The first-order valence-electron chi connectivity index (χ1n) is 7.47. The van der Waals surface area contributed by atoms with Crippen molar-refractivity contribution in [3.8, 4) is 5.75 Å². The second-order valence-corrected chi connectivity index (χ2v) is 6.25. The third-order valence-electron chi connectivity index (χ3n) is 3.47. The van der Waals surface area contributed by atoms with Crippen molar-refractivity contribution in [2.75, 3.05) is 13.2 Å². The number of nitrogens with one attached hydrogen (secondary N) is 1. The zero-order chi connectivity index (χ0) is 15.2. The van der Waals surface area contributed by atoms with E-state index in [4.69, 9.17) is 4.74 Å². The Morgan fingerprint density at radius 2 is 2.00 bits per heavy atom. The van der Waals surface area contributed by atoms with Gasteiger partial charge in [-0.25, -0.2) is 0 Å². The fourth-order valence-corrected chi connectivity index (χ4v) is 2.22. The standard InChI is InChI=1S/C17H29NO2/c1-6-9-17(4,5)18-11-15(19)12-20-16-10-13(2)7-8-14(16)3/h7-8,10,15,18-19H,6,9,11-12H2,1-5H3. The third kappa shape index (κ3) is 5.93. The molecular weight excluding hydrogens is 250 g/mol. The predicted octanol–water partition coefficient (Wildman–Crippen LogP) is 3.21. The summed E-state index contributed by atoms with van der Waals surface area (Å²) < 4.78 is 5.71. The molecule has 1 aromatic rings. The van der Waals surface area contributed by atoms with Gasteiger partial charge in [0.15, 0.2) is 0 Å². The molecule has 3 nitrogen and oxygen atoms in total. The Labute approximate surface area is 123 Å². The number of β-amino-alcohol motifs (C(OH)–C–C–N with tert-alkyl or cyclic N) is 1. The molecule has 0 heterocycles. The molecular formula is C17H29NO2. The monoisotopic (exact) mass is 279 g/mol. The molecule has 1 unspecified atom stereocenters. The Hall–Kier alpha value is -1.06. The molecule has 0 amide bonds. The van der Waals surface area contributed by atoms with E-state index in [0.717, 1.165) is 24.2 Å². The van der Waals surface area contributed by atoms with Crippen molar-refractivity contribution in [1.29, 1.82) is 0 Å². The maximum absolute atomic E-state index is 10.0. The van der Waals surface area contributed by atoms with Crippen LogP contribution in [0.5, 0.6) is 5.75 Å². The smallest absolute Gasteiger partial charge is 0.122 e. The first kappa shape index (κ1) is 17.0. The van der Waals surface area contributed by atoms with E-state index >= 15 is 0 Å². The first-order valence-corrected chi connectivity index (χ1v) is 7.47. The summed E-state index contributed by atoms with van der Waals surface area (Å²) in [5.74, 6) is 0.858. The lowest BCUT2D eigenvalue weighted by Crippen LogP contribution is -2.44. The number of rotatable bonds is 8. The normalized spacial score (nSPS) is 13.3. The Morgan fingerprint density at radius 1 is 1.30 bits per heavy atom. The maximum atomic E-state index is 10.0. The quantitative estimate of drug-likeness (QED) is 0.768. The van der Waals surface area contributed by atoms with Crippen LogP contribution in [0.1, 0.15) is 44.7 Å². The molecule has 0 aliphatic heterocycles. The highest BCUT2D eigenvalue weighted by atomic mass is 16.5. The number of aryl methyl sites for hydroxylation is 2. The van der Waals surface area contributed by atoms with E-state index in [2.05, 4.69) is 32.2 Å². The average Bonchev–Trinajstić information content (AvgIpc) is 2.37. The van der Waals surface area contributed by atoms with Crippen LogP contribution < -0.4 is 10.1 Å². The van der Waals surface area contributed by atoms with Crippen LogP contribution in [-0.2, 0) is 0 Å². The lowest BCUT2D eigenvalue weighted by Gasteiger charge is -2.27. The van der Waals surface area contributed by atoms with Gasteiger partial charge in [-0.15, -0.1) is 0 Å². The molecule has 1 rings (SSSR count). The molecule has 0 fully saturated rings. The van der Waals surface area contributed by atoms with Gasteiger partial charge in [0.25, 0.3) is 0 Å². The summed E-state index contributed by atoms with van der Waals surface area (Å²) in [4.78, 5) is 0. The van der Waals surface area contributed by atoms with Crippen molar-refractivity contribution >= 4 is 0 Å². The number of aliphatic hydroxyl groups excluding tert-OH is 1. The van der Waals surface area contributed by atoms with E-state index in [0.29, 0.717) is 13.2 Å². The van der Waals surface area contributed by atoms with Gasteiger partial charge in [0.2, 0.25) is 0 Å². The molecule has 2 N–H and O–H groups in total. The van der Waals surface area contributed by atoms with Crippen LogP contribution >= 0.6 is 0 Å². The highest BCUT2D eigenvalue weighted by Crippen LogP contribution is 2.19. The van der Waals surface area contributed by atoms with Crippen LogP contribution in [0.4, 0.5) is 0 Å². The molecule has 0 spiro atoms. The number of ether oxygens (including phenoxy) is 1. The molecule has 0 aliphatic carbocycles. The van der Waals surface area contributed by atoms with Crippen molar-refractivity contribution in [1.82, 2.24) is 5.32 Å². The van der Waals surface area contributed by atoms with Crippen LogP contribution in [0.3, 0.4) is 0 Å². The van der Waals surface area contributed by atoms with Crippen molar-refractivity contribution < 1.29 is 9.84 Å². The summed E-state index contributed by atoms with van der Waals surface area (Å²) in [5.41, 5.74) is 2.33. The highest BCUT2D eigenvalue weighted by molar-refractivity contribution is 5.35. The van der Waals surface area contributed by atoms with Crippen molar-refractivity contribution in [3.05, 3.63) is 29.3 Å². The van der Waals surface area contributed by atoms with Gasteiger partial charge in [-0.2, -0.15) is 0 Å². The summed E-state index contributed by atoms with van der Waals surface area (Å²) in [6.45, 7) is 11.4. The second kappa shape index (κ2) is 7.65. The molecule has 1 atom stereocenters. The van der Waals surface area contributed by atoms with E-state index in [1.54, 1.807) is 0 Å². The average molecular weight is 279 g/mol. The number of hydrogen-bond donors (Lipinski definition) is 2. The van der Waals surface area contributed by atoms with E-state index in [1.807, 2.05) is 26.0 Å². The fourth-order valence-electron chi connectivity index (χ4n) is 2.22. The molecule has 0 aliphatic rings. The molecule has 0 aromatic heterocycles. The van der Waals surface area contributed by atoms with Crippen molar-refractivity contribution in [2.24, 2.45) is 0 Å². The summed E-state index contributed by atoms with van der Waals surface area (Å²) in [6.07, 6.45) is 1.73. The Kier molecular flexibility index (Phi) is 6.50. The molecule has 0 radical (unpaired) electrons. The molecule has 0 saturated carbocycles. The first-order chi connectivity index (χ1) is 9.34. The molecule has 3 heteroatoms. The van der Waals surface area contributed by atoms with Crippen LogP contribution in [-0.4, -0.2) is 29.9 Å². The summed E-state index contributed by atoms with van der Waals surface area (Å²) in [5, 5.41) is 13.4. The topological polar surface area (TPSA) is 41.5 Å². The van der Waals surface area contributed by atoms with E-state index < -0.39 is 6.10 Å². The second-order valence-electron chi connectivity index (χ2n) is 6.25. The molecule has 20 heavy (non-hydrogen) atoms. The third-order valence-corrected chi connectivity index (χ3v) is 3.47.